The maximum Gasteiger partial charge on any atom is 0.422 e. The molecule has 0 saturated carbocycles. The van der Waals surface area contributed by atoms with E-state index in [0.29, 0.717) is 4.90 Å². The largest absolute Gasteiger partial charge is 0.507 e. The molecule has 0 saturated heterocycles. The standard InChI is InChI=1S/C13H14N2O8S/c1-23-13(22)15(12(21)14-8(5-24)11(19)20)6-2-3-7(10(17)18)9(16)4-6/h2-4,8,16,24H,5H2,1H3,(H,14,21)(H,17,18)(H,19,20). The number of methoxy groups -OCH3 is 1. The number of nitrogens with zero attached hydrogens (tertiary/aromatic N) is 1. The zero-order valence-corrected chi connectivity index (χ0v) is 13.2. The molecule has 11 heteroatoms. The first kappa shape index (κ1) is 19.1. The average molecular weight is 358 g/mol. The second kappa shape index (κ2) is 8.06. The molecule has 0 bridgehead atoms. The van der Waals surface area contributed by atoms with Crippen LogP contribution in [0, 0.1) is 0 Å². The van der Waals surface area contributed by atoms with Crippen LogP contribution in [0.1, 0.15) is 10.4 Å². The third-order valence-corrected chi connectivity index (χ3v) is 3.17. The molecule has 1 rings (SSSR count). The van der Waals surface area contributed by atoms with E-state index in [1.54, 1.807) is 0 Å². The van der Waals surface area contributed by atoms with Gasteiger partial charge in [-0.1, -0.05) is 0 Å². The van der Waals surface area contributed by atoms with E-state index < -0.39 is 41.4 Å². The Hall–Kier alpha value is -2.95. The molecule has 130 valence electrons. The molecular weight excluding hydrogens is 344 g/mol. The number of carbonyl (C=O) groups is 4. The van der Waals surface area contributed by atoms with E-state index in [9.17, 15) is 24.3 Å². The van der Waals surface area contributed by atoms with E-state index in [0.717, 1.165) is 25.3 Å². The van der Waals surface area contributed by atoms with Crippen molar-refractivity contribution in [2.75, 3.05) is 17.8 Å². The first-order valence-electron chi connectivity index (χ1n) is 6.31. The minimum absolute atomic E-state index is 0.217. The summed E-state index contributed by atoms with van der Waals surface area (Å²) in [5.41, 5.74) is -0.659. The van der Waals surface area contributed by atoms with Gasteiger partial charge < -0.3 is 25.4 Å². The molecule has 4 N–H and O–H groups in total. The maximum atomic E-state index is 12.2. The highest BCUT2D eigenvalue weighted by Crippen LogP contribution is 2.25. The van der Waals surface area contributed by atoms with Crippen molar-refractivity contribution in [3.63, 3.8) is 0 Å². The number of carboxylic acids is 2. The van der Waals surface area contributed by atoms with Crippen molar-refractivity contribution in [2.24, 2.45) is 0 Å². The quantitative estimate of drug-likeness (QED) is 0.483. The number of hydrogen-bond donors (Lipinski definition) is 5. The Kier molecular flexibility index (Phi) is 6.41. The third kappa shape index (κ3) is 4.29. The van der Waals surface area contributed by atoms with Gasteiger partial charge in [0.15, 0.2) is 0 Å². The number of aromatic carboxylic acids is 1. The minimum Gasteiger partial charge on any atom is -0.507 e. The van der Waals surface area contributed by atoms with Crippen LogP contribution in [0.15, 0.2) is 18.2 Å². The molecule has 0 aliphatic rings. The molecule has 0 spiro atoms. The maximum absolute atomic E-state index is 12.2. The lowest BCUT2D eigenvalue weighted by Crippen LogP contribution is -2.51. The molecule has 0 aliphatic heterocycles. The van der Waals surface area contributed by atoms with Gasteiger partial charge in [-0.3, -0.25) is 0 Å². The van der Waals surface area contributed by atoms with Gasteiger partial charge in [0.1, 0.15) is 17.4 Å². The molecule has 1 atom stereocenters. The highest BCUT2D eigenvalue weighted by atomic mass is 32.1. The molecule has 1 aromatic carbocycles. The van der Waals surface area contributed by atoms with Crippen molar-refractivity contribution in [1.82, 2.24) is 5.32 Å². The van der Waals surface area contributed by atoms with Crippen LogP contribution in [0.3, 0.4) is 0 Å². The number of aliphatic carboxylic acids is 1. The number of ether oxygens (including phenoxy) is 1. The number of benzene rings is 1. The fraction of sp³-hybridized carbons (Fsp3) is 0.231. The molecule has 3 amide bonds. The van der Waals surface area contributed by atoms with Crippen LogP contribution in [0.2, 0.25) is 0 Å². The van der Waals surface area contributed by atoms with E-state index in [-0.39, 0.29) is 11.4 Å². The Morgan fingerprint density at radius 2 is 1.92 bits per heavy atom. The van der Waals surface area contributed by atoms with Crippen molar-refractivity contribution in [3.05, 3.63) is 23.8 Å². The summed E-state index contributed by atoms with van der Waals surface area (Å²) in [5.74, 6) is -3.70. The van der Waals surface area contributed by atoms with Gasteiger partial charge in [0.05, 0.1) is 12.8 Å². The highest BCUT2D eigenvalue weighted by Gasteiger charge is 2.29. The lowest BCUT2D eigenvalue weighted by Gasteiger charge is -2.22. The van der Waals surface area contributed by atoms with Gasteiger partial charge in [0.25, 0.3) is 0 Å². The van der Waals surface area contributed by atoms with Crippen molar-refractivity contribution in [1.29, 1.82) is 0 Å². The molecule has 24 heavy (non-hydrogen) atoms. The van der Waals surface area contributed by atoms with Gasteiger partial charge in [-0.25, -0.2) is 19.2 Å². The molecular formula is C13H14N2O8S. The SMILES string of the molecule is COC(=O)N(C(=O)NC(CS)C(=O)O)c1ccc(C(=O)O)c(O)c1. The molecule has 0 fully saturated rings. The summed E-state index contributed by atoms with van der Waals surface area (Å²) in [5, 5.41) is 29.5. The van der Waals surface area contributed by atoms with Crippen LogP contribution < -0.4 is 10.2 Å². The number of carboxylic acid groups (broad SMARTS) is 2. The first-order chi connectivity index (χ1) is 11.2. The number of hydrogen-bond acceptors (Lipinski definition) is 7. The van der Waals surface area contributed by atoms with Crippen molar-refractivity contribution >= 4 is 42.4 Å². The summed E-state index contributed by atoms with van der Waals surface area (Å²) in [4.78, 5) is 46.2. The van der Waals surface area contributed by atoms with Gasteiger partial charge in [0.2, 0.25) is 0 Å². The van der Waals surface area contributed by atoms with E-state index in [1.807, 2.05) is 5.32 Å². The zero-order valence-electron chi connectivity index (χ0n) is 12.3. The van der Waals surface area contributed by atoms with E-state index >= 15 is 0 Å². The average Bonchev–Trinajstić information content (AvgIpc) is 2.51. The fourth-order valence-corrected chi connectivity index (χ4v) is 1.88. The fourth-order valence-electron chi connectivity index (χ4n) is 1.64. The number of urea groups is 1. The van der Waals surface area contributed by atoms with Crippen molar-refractivity contribution in [2.45, 2.75) is 6.04 Å². The van der Waals surface area contributed by atoms with Crippen LogP contribution in [0.25, 0.3) is 0 Å². The Morgan fingerprint density at radius 1 is 1.29 bits per heavy atom. The second-order valence-electron chi connectivity index (χ2n) is 4.33. The Labute approximate surface area is 141 Å². The number of rotatable bonds is 5. The van der Waals surface area contributed by atoms with Crippen LogP contribution in [-0.4, -0.2) is 58.3 Å². The van der Waals surface area contributed by atoms with Crippen LogP contribution in [0.4, 0.5) is 15.3 Å². The predicted molar refractivity (Wildman–Crippen MR) is 83.8 cm³/mol. The molecule has 0 aliphatic carbocycles. The van der Waals surface area contributed by atoms with E-state index in [1.165, 1.54) is 0 Å². The number of carbonyl (C=O) groups excluding carboxylic acids is 2. The number of imide groups is 1. The van der Waals surface area contributed by atoms with Crippen LogP contribution in [0.5, 0.6) is 5.75 Å². The number of nitrogens with one attached hydrogen (secondary N) is 1. The Balaban J connectivity index is 3.21. The van der Waals surface area contributed by atoms with E-state index in [2.05, 4.69) is 17.4 Å². The van der Waals surface area contributed by atoms with Gasteiger partial charge in [0, 0.05) is 11.8 Å². The lowest BCUT2D eigenvalue weighted by atomic mass is 10.1. The molecule has 1 aromatic rings. The monoisotopic (exact) mass is 358 g/mol. The molecule has 1 unspecified atom stereocenters. The molecule has 0 aromatic heterocycles. The summed E-state index contributed by atoms with van der Waals surface area (Å²) in [6, 6.07) is 0.390. The topological polar surface area (TPSA) is 153 Å². The summed E-state index contributed by atoms with van der Waals surface area (Å²) in [6.07, 6.45) is -1.17. The normalized spacial score (nSPS) is 11.2. The van der Waals surface area contributed by atoms with E-state index in [4.69, 9.17) is 10.2 Å². The molecule has 10 nitrogen and oxygen atoms in total. The molecule has 0 radical (unpaired) electrons. The lowest BCUT2D eigenvalue weighted by molar-refractivity contribution is -0.138. The van der Waals surface area contributed by atoms with Crippen LogP contribution in [-0.2, 0) is 9.53 Å². The van der Waals surface area contributed by atoms with Crippen molar-refractivity contribution in [3.8, 4) is 5.75 Å². The Morgan fingerprint density at radius 3 is 2.33 bits per heavy atom. The number of thiol groups is 1. The van der Waals surface area contributed by atoms with Gasteiger partial charge >= 0.3 is 24.1 Å². The van der Waals surface area contributed by atoms with Crippen LogP contribution >= 0.6 is 12.6 Å². The van der Waals surface area contributed by atoms with Gasteiger partial charge in [-0.05, 0) is 12.1 Å². The van der Waals surface area contributed by atoms with Crippen molar-refractivity contribution < 1.29 is 39.2 Å². The van der Waals surface area contributed by atoms with Gasteiger partial charge in [-0.2, -0.15) is 17.5 Å². The number of anilines is 1. The summed E-state index contributed by atoms with van der Waals surface area (Å²) in [6.45, 7) is 0. The third-order valence-electron chi connectivity index (χ3n) is 2.81. The predicted octanol–water partition coefficient (Wildman–Crippen LogP) is 0.756. The number of aromatic hydroxyl groups is 1. The van der Waals surface area contributed by atoms with Gasteiger partial charge in [-0.15, -0.1) is 0 Å². The summed E-state index contributed by atoms with van der Waals surface area (Å²) >= 11 is 3.78. The Bertz CT molecular complexity index is 678. The summed E-state index contributed by atoms with van der Waals surface area (Å²) < 4.78 is 4.44. The summed E-state index contributed by atoms with van der Waals surface area (Å²) in [7, 11) is 0.987. The zero-order chi connectivity index (χ0) is 18.4. The minimum atomic E-state index is -1.41. The first-order valence-corrected chi connectivity index (χ1v) is 6.94. The molecule has 0 heterocycles. The number of phenols is 1. The highest BCUT2D eigenvalue weighted by molar-refractivity contribution is 7.80. The smallest absolute Gasteiger partial charge is 0.422 e. The second-order valence-corrected chi connectivity index (χ2v) is 4.70. The number of amides is 3.